The van der Waals surface area contributed by atoms with Crippen molar-refractivity contribution >= 4 is 17.8 Å². The van der Waals surface area contributed by atoms with Crippen molar-refractivity contribution in [1.29, 1.82) is 0 Å². The van der Waals surface area contributed by atoms with Gasteiger partial charge >= 0.3 is 6.03 Å². The van der Waals surface area contributed by atoms with Crippen LogP contribution in [0.15, 0.2) is 12.3 Å². The van der Waals surface area contributed by atoms with Gasteiger partial charge in [-0.25, -0.2) is 9.78 Å². The standard InChI is InChI=1S/C31H49N7O/c39-30(35-31-19-23-16-24(20-31)18-25(17-23)21-31)37-14-8-27(9-15-37)38-13-5-6-26(22-38)33-29-32-10-7-28(34-29)36-11-3-1-2-4-12-36/h7,10,23-27H,1-6,8-9,11-22H2,(H,35,39)(H,32,33,34). The van der Waals surface area contributed by atoms with E-state index >= 15 is 0 Å². The zero-order chi connectivity index (χ0) is 26.2. The third kappa shape index (κ3) is 5.73. The van der Waals surface area contributed by atoms with Gasteiger partial charge in [-0.1, -0.05) is 12.8 Å². The summed E-state index contributed by atoms with van der Waals surface area (Å²) in [6.45, 7) is 6.19. The molecule has 4 saturated carbocycles. The Morgan fingerprint density at radius 3 is 2.23 bits per heavy atom. The van der Waals surface area contributed by atoms with Gasteiger partial charge in [0.05, 0.1) is 0 Å². The summed E-state index contributed by atoms with van der Waals surface area (Å²) in [5.41, 5.74) is 0.112. The average Bonchev–Trinajstić information content (AvgIpc) is 3.22. The van der Waals surface area contributed by atoms with Gasteiger partial charge in [0.1, 0.15) is 5.82 Å². The van der Waals surface area contributed by atoms with Crippen molar-refractivity contribution in [2.45, 2.75) is 108 Å². The van der Waals surface area contributed by atoms with E-state index in [9.17, 15) is 4.79 Å². The Labute approximate surface area is 234 Å². The Hall–Kier alpha value is -2.09. The van der Waals surface area contributed by atoms with Gasteiger partial charge in [-0.05, 0) is 107 Å². The molecule has 1 aromatic rings. The van der Waals surface area contributed by atoms with Gasteiger partial charge in [0.2, 0.25) is 5.95 Å². The minimum absolute atomic E-state index is 0.112. The first-order valence-electron chi connectivity index (χ1n) is 16.3. The number of piperidine rings is 2. The van der Waals surface area contributed by atoms with E-state index in [1.807, 2.05) is 6.20 Å². The van der Waals surface area contributed by atoms with Crippen LogP contribution < -0.4 is 15.5 Å². The van der Waals surface area contributed by atoms with E-state index in [0.29, 0.717) is 12.1 Å². The van der Waals surface area contributed by atoms with E-state index in [-0.39, 0.29) is 11.6 Å². The number of aromatic nitrogens is 2. The molecule has 1 unspecified atom stereocenters. The normalized spacial score (nSPS) is 35.6. The summed E-state index contributed by atoms with van der Waals surface area (Å²) in [7, 11) is 0. The molecule has 3 aliphatic heterocycles. The molecule has 0 radical (unpaired) electrons. The van der Waals surface area contributed by atoms with Crippen molar-refractivity contribution in [2.75, 3.05) is 49.5 Å². The van der Waals surface area contributed by atoms with Crippen LogP contribution in [-0.2, 0) is 0 Å². The number of nitrogens with one attached hydrogen (secondary N) is 2. The van der Waals surface area contributed by atoms with Crippen LogP contribution in [-0.4, -0.2) is 82.7 Å². The molecule has 2 N–H and O–H groups in total. The molecular formula is C31H49N7O. The topological polar surface area (TPSA) is 76.6 Å². The van der Waals surface area contributed by atoms with Crippen LogP contribution in [0.5, 0.6) is 0 Å². The quantitative estimate of drug-likeness (QED) is 0.560. The van der Waals surface area contributed by atoms with E-state index < -0.39 is 0 Å². The number of amides is 2. The second kappa shape index (κ2) is 11.1. The van der Waals surface area contributed by atoms with Crippen molar-refractivity contribution in [1.82, 2.24) is 25.1 Å². The molecule has 8 nitrogen and oxygen atoms in total. The van der Waals surface area contributed by atoms with Crippen molar-refractivity contribution in [3.63, 3.8) is 0 Å². The lowest BCUT2D eigenvalue weighted by Crippen LogP contribution is -2.62. The molecule has 8 rings (SSSR count). The number of rotatable bonds is 5. The van der Waals surface area contributed by atoms with E-state index in [1.54, 1.807) is 0 Å². The molecule has 7 aliphatic rings. The second-order valence-electron chi connectivity index (χ2n) is 14.0. The molecule has 0 aromatic carbocycles. The number of anilines is 2. The van der Waals surface area contributed by atoms with Gasteiger partial charge in [0, 0.05) is 56.5 Å². The molecule has 4 bridgehead atoms. The minimum atomic E-state index is 0.112. The highest BCUT2D eigenvalue weighted by molar-refractivity contribution is 5.75. The van der Waals surface area contributed by atoms with Crippen LogP contribution in [0.4, 0.5) is 16.6 Å². The summed E-state index contributed by atoms with van der Waals surface area (Å²) in [5, 5.41) is 7.28. The zero-order valence-corrected chi connectivity index (χ0v) is 23.8. The van der Waals surface area contributed by atoms with Gasteiger partial charge < -0.3 is 20.4 Å². The maximum Gasteiger partial charge on any atom is 0.317 e. The van der Waals surface area contributed by atoms with Crippen LogP contribution in [0.1, 0.15) is 89.9 Å². The number of hydrogen-bond donors (Lipinski definition) is 2. The van der Waals surface area contributed by atoms with Gasteiger partial charge in [-0.2, -0.15) is 4.98 Å². The lowest BCUT2D eigenvalue weighted by Gasteiger charge is -2.57. The van der Waals surface area contributed by atoms with Gasteiger partial charge in [-0.3, -0.25) is 4.90 Å². The highest BCUT2D eigenvalue weighted by atomic mass is 16.2. The molecule has 2 amide bonds. The molecule has 39 heavy (non-hydrogen) atoms. The molecule has 0 spiro atoms. The summed E-state index contributed by atoms with van der Waals surface area (Å²) in [6, 6.07) is 3.24. The number of nitrogens with zero attached hydrogens (tertiary/aromatic N) is 5. The van der Waals surface area contributed by atoms with Gasteiger partial charge in [0.25, 0.3) is 0 Å². The van der Waals surface area contributed by atoms with Gasteiger partial charge in [-0.15, -0.1) is 0 Å². The first-order chi connectivity index (χ1) is 19.1. The first kappa shape index (κ1) is 25.8. The van der Waals surface area contributed by atoms with E-state index in [2.05, 4.69) is 36.4 Å². The molecular weight excluding hydrogens is 486 g/mol. The molecule has 1 atom stereocenters. The van der Waals surface area contributed by atoms with Crippen LogP contribution in [0.2, 0.25) is 0 Å². The van der Waals surface area contributed by atoms with Crippen molar-refractivity contribution in [3.05, 3.63) is 12.3 Å². The summed E-state index contributed by atoms with van der Waals surface area (Å²) in [6.07, 6.45) is 19.6. The summed E-state index contributed by atoms with van der Waals surface area (Å²) < 4.78 is 0. The van der Waals surface area contributed by atoms with Crippen LogP contribution in [0, 0.1) is 17.8 Å². The Kier molecular flexibility index (Phi) is 7.33. The number of likely N-dealkylation sites (tertiary alicyclic amines) is 2. The first-order valence-corrected chi connectivity index (χ1v) is 16.3. The molecule has 4 aliphatic carbocycles. The predicted molar refractivity (Wildman–Crippen MR) is 155 cm³/mol. The Balaban J connectivity index is 0.901. The summed E-state index contributed by atoms with van der Waals surface area (Å²) in [4.78, 5) is 30.1. The molecule has 214 valence electrons. The number of urea groups is 1. The average molecular weight is 536 g/mol. The highest BCUT2D eigenvalue weighted by Crippen LogP contribution is 2.55. The number of carbonyl (C=O) groups excluding carboxylic acids is 1. The zero-order valence-electron chi connectivity index (χ0n) is 23.8. The summed E-state index contributed by atoms with van der Waals surface area (Å²) in [5.74, 6) is 4.45. The smallest absolute Gasteiger partial charge is 0.317 e. The van der Waals surface area contributed by atoms with Crippen molar-refractivity contribution in [2.24, 2.45) is 17.8 Å². The summed E-state index contributed by atoms with van der Waals surface area (Å²) >= 11 is 0. The predicted octanol–water partition coefficient (Wildman–Crippen LogP) is 4.88. The van der Waals surface area contributed by atoms with Crippen LogP contribution in [0.25, 0.3) is 0 Å². The number of hydrogen-bond acceptors (Lipinski definition) is 6. The number of carbonyl (C=O) groups is 1. The highest BCUT2D eigenvalue weighted by Gasteiger charge is 2.52. The second-order valence-corrected chi connectivity index (χ2v) is 14.0. The maximum absolute atomic E-state index is 13.4. The van der Waals surface area contributed by atoms with Crippen molar-refractivity contribution < 1.29 is 4.79 Å². The molecule has 3 saturated heterocycles. The van der Waals surface area contributed by atoms with E-state index in [0.717, 1.165) is 81.6 Å². The van der Waals surface area contributed by atoms with Crippen LogP contribution >= 0.6 is 0 Å². The Morgan fingerprint density at radius 2 is 1.54 bits per heavy atom. The maximum atomic E-state index is 13.4. The monoisotopic (exact) mass is 535 g/mol. The fraction of sp³-hybridized carbons (Fsp3) is 0.839. The van der Waals surface area contributed by atoms with Crippen LogP contribution in [0.3, 0.4) is 0 Å². The fourth-order valence-electron chi connectivity index (χ4n) is 9.54. The Morgan fingerprint density at radius 1 is 0.846 bits per heavy atom. The van der Waals surface area contributed by atoms with E-state index in [4.69, 9.17) is 4.98 Å². The largest absolute Gasteiger partial charge is 0.356 e. The molecule has 4 heterocycles. The molecule has 1 aromatic heterocycles. The van der Waals surface area contributed by atoms with Gasteiger partial charge in [0.15, 0.2) is 0 Å². The third-order valence-corrected chi connectivity index (χ3v) is 11.0. The van der Waals surface area contributed by atoms with Crippen molar-refractivity contribution in [3.8, 4) is 0 Å². The lowest BCUT2D eigenvalue weighted by atomic mass is 9.53. The SMILES string of the molecule is O=C(NC12CC3CC(CC(C3)C1)C2)N1CCC(N2CCCC(Nc3nccc(N4CCCCCC4)n3)C2)CC1. The molecule has 8 heteroatoms. The van der Waals surface area contributed by atoms with E-state index in [1.165, 1.54) is 77.0 Å². The Bertz CT molecular complexity index is 965. The minimum Gasteiger partial charge on any atom is -0.356 e. The third-order valence-electron chi connectivity index (χ3n) is 11.0. The lowest BCUT2D eigenvalue weighted by molar-refractivity contribution is -0.0165. The fourth-order valence-corrected chi connectivity index (χ4v) is 9.54. The molecule has 7 fully saturated rings.